The Morgan fingerprint density at radius 3 is 2.60 bits per heavy atom. The number of hydrogen-bond donors (Lipinski definition) is 0. The molecule has 42 heavy (non-hydrogen) atoms. The number of aromatic nitrogens is 1. The number of amides is 2. The molecule has 3 heterocycles. The average Bonchev–Trinajstić information content (AvgIpc) is 3.58. The number of piperazine rings is 1. The summed E-state index contributed by atoms with van der Waals surface area (Å²) in [6, 6.07) is 15.5. The van der Waals surface area contributed by atoms with Crippen LogP contribution in [-0.4, -0.2) is 91.2 Å². The fourth-order valence-electron chi connectivity index (χ4n) is 5.04. The average molecular weight is 575 g/mol. The summed E-state index contributed by atoms with van der Waals surface area (Å²) in [5.74, 6) is 1.37. The van der Waals surface area contributed by atoms with Crippen molar-refractivity contribution in [3.8, 4) is 11.5 Å². The summed E-state index contributed by atoms with van der Waals surface area (Å²) in [5.41, 5.74) is 2.64. The Morgan fingerprint density at radius 2 is 1.81 bits per heavy atom. The van der Waals surface area contributed by atoms with Crippen molar-refractivity contribution in [3.05, 3.63) is 77.5 Å². The van der Waals surface area contributed by atoms with Gasteiger partial charge in [0.05, 0.1) is 7.11 Å². The van der Waals surface area contributed by atoms with Crippen molar-refractivity contribution in [2.24, 2.45) is 0 Å². The Labute approximate surface area is 246 Å². The van der Waals surface area contributed by atoms with E-state index < -0.39 is 12.2 Å². The quantitative estimate of drug-likeness (QED) is 0.295. The molecule has 1 atom stereocenters. The Morgan fingerprint density at radius 1 is 1.00 bits per heavy atom. The third-order valence-electron chi connectivity index (χ3n) is 7.54. The first-order valence-corrected chi connectivity index (χ1v) is 14.4. The lowest BCUT2D eigenvalue weighted by atomic mass is 10.1. The summed E-state index contributed by atoms with van der Waals surface area (Å²) >= 11 is 0. The summed E-state index contributed by atoms with van der Waals surface area (Å²) < 4.78 is 22.5. The van der Waals surface area contributed by atoms with E-state index in [0.717, 1.165) is 50.3 Å². The highest BCUT2D eigenvalue weighted by Gasteiger charge is 2.39. The third-order valence-corrected chi connectivity index (χ3v) is 7.54. The van der Waals surface area contributed by atoms with Crippen molar-refractivity contribution >= 4 is 24.2 Å². The number of hydrogen-bond acceptors (Lipinski definition) is 9. The first kappa shape index (κ1) is 29.3. The lowest BCUT2D eigenvalue weighted by molar-refractivity contribution is -0.129. The van der Waals surface area contributed by atoms with Gasteiger partial charge in [-0.15, -0.1) is 0 Å². The van der Waals surface area contributed by atoms with Crippen LogP contribution < -0.4 is 9.47 Å². The first-order chi connectivity index (χ1) is 20.5. The smallest absolute Gasteiger partial charge is 0.417 e. The molecule has 5 rings (SSSR count). The molecule has 0 bridgehead atoms. The molecule has 2 fully saturated rings. The van der Waals surface area contributed by atoms with E-state index in [0.29, 0.717) is 42.5 Å². The summed E-state index contributed by atoms with van der Waals surface area (Å²) in [6.07, 6.45) is 5.67. The molecule has 1 aromatic heterocycles. The highest BCUT2D eigenvalue weighted by molar-refractivity contribution is 6.00. The van der Waals surface area contributed by atoms with Gasteiger partial charge in [0.15, 0.2) is 17.6 Å². The summed E-state index contributed by atoms with van der Waals surface area (Å²) in [6.45, 7) is 5.55. The second kappa shape index (κ2) is 14.2. The van der Waals surface area contributed by atoms with Crippen LogP contribution in [0.5, 0.6) is 11.5 Å². The van der Waals surface area contributed by atoms with Crippen LogP contribution in [0.15, 0.2) is 59.2 Å². The molecule has 0 aliphatic carbocycles. The molecular formula is C32H38N4O6. The van der Waals surface area contributed by atoms with Gasteiger partial charge in [-0.1, -0.05) is 36.4 Å². The van der Waals surface area contributed by atoms with Gasteiger partial charge in [-0.2, -0.15) is 0 Å². The van der Waals surface area contributed by atoms with Gasteiger partial charge in [-0.3, -0.25) is 4.79 Å². The molecule has 2 amide bonds. The van der Waals surface area contributed by atoms with Gasteiger partial charge in [0, 0.05) is 38.8 Å². The van der Waals surface area contributed by atoms with Gasteiger partial charge in [0.2, 0.25) is 5.89 Å². The van der Waals surface area contributed by atoms with E-state index in [4.69, 9.17) is 18.6 Å². The minimum absolute atomic E-state index is 0.199. The topological polar surface area (TPSA) is 97.6 Å². The van der Waals surface area contributed by atoms with E-state index in [9.17, 15) is 9.59 Å². The molecule has 10 nitrogen and oxygen atoms in total. The number of benzene rings is 2. The zero-order valence-electron chi connectivity index (χ0n) is 24.2. The van der Waals surface area contributed by atoms with Crippen molar-refractivity contribution in [1.82, 2.24) is 19.7 Å². The van der Waals surface area contributed by atoms with Crippen LogP contribution in [0, 0.1) is 0 Å². The third kappa shape index (κ3) is 7.77. The number of cyclic esters (lactones) is 1. The predicted octanol–water partition coefficient (Wildman–Crippen LogP) is 4.35. The van der Waals surface area contributed by atoms with E-state index in [2.05, 4.69) is 21.8 Å². The van der Waals surface area contributed by atoms with Crippen molar-refractivity contribution in [2.45, 2.75) is 32.0 Å². The van der Waals surface area contributed by atoms with Gasteiger partial charge in [-0.25, -0.2) is 14.7 Å². The molecule has 0 saturated carbocycles. The maximum atomic E-state index is 12.9. The van der Waals surface area contributed by atoms with Crippen LogP contribution in [0.1, 0.15) is 35.6 Å². The van der Waals surface area contributed by atoms with Gasteiger partial charge >= 0.3 is 6.09 Å². The second-order valence-electron chi connectivity index (χ2n) is 10.6. The number of carbonyl (C=O) groups excluding carboxylic acids is 2. The van der Waals surface area contributed by atoms with Gasteiger partial charge < -0.3 is 28.4 Å². The standard InChI is InChI=1S/C32H38N4O6/c1-34-17-19-35(20-18-34)15-6-16-36-31(37)28(42-32(36)38)13-10-25-9-12-27(39-2)29(21-25)40-22-26-23-41-30(33-26)14-11-24-7-4-3-5-8-24/h3-5,7-9,11-12,14,21,23,28H,6,10,13,15-20,22H2,1-2H3/b14-11+. The van der Waals surface area contributed by atoms with E-state index in [1.165, 1.54) is 4.90 Å². The molecule has 10 heteroatoms. The van der Waals surface area contributed by atoms with Crippen LogP contribution in [0.3, 0.4) is 0 Å². The minimum Gasteiger partial charge on any atom is -0.493 e. The van der Waals surface area contributed by atoms with Crippen LogP contribution in [0.4, 0.5) is 4.79 Å². The monoisotopic (exact) mass is 574 g/mol. The lowest BCUT2D eigenvalue weighted by Crippen LogP contribution is -2.45. The molecule has 1 unspecified atom stereocenters. The van der Waals surface area contributed by atoms with E-state index in [1.54, 1.807) is 13.4 Å². The van der Waals surface area contributed by atoms with Gasteiger partial charge in [-0.05, 0) is 62.2 Å². The molecule has 0 radical (unpaired) electrons. The van der Waals surface area contributed by atoms with Crippen molar-refractivity contribution in [3.63, 3.8) is 0 Å². The number of methoxy groups -OCH3 is 1. The van der Waals surface area contributed by atoms with Crippen LogP contribution in [0.25, 0.3) is 12.2 Å². The number of nitrogens with zero attached hydrogens (tertiary/aromatic N) is 4. The number of imide groups is 1. The molecule has 0 N–H and O–H groups in total. The zero-order valence-corrected chi connectivity index (χ0v) is 24.2. The van der Waals surface area contributed by atoms with Crippen LogP contribution in [0.2, 0.25) is 0 Å². The lowest BCUT2D eigenvalue weighted by Gasteiger charge is -2.32. The second-order valence-corrected chi connectivity index (χ2v) is 10.6. The van der Waals surface area contributed by atoms with E-state index in [1.807, 2.05) is 60.7 Å². The largest absolute Gasteiger partial charge is 0.493 e. The fourth-order valence-corrected chi connectivity index (χ4v) is 5.04. The molecule has 222 valence electrons. The highest BCUT2D eigenvalue weighted by atomic mass is 16.6. The summed E-state index contributed by atoms with van der Waals surface area (Å²) in [7, 11) is 3.70. The SMILES string of the molecule is COc1ccc(CCC2OC(=O)N(CCCN3CCN(C)CC3)C2=O)cc1OCc1coc(/C=C/c2ccccc2)n1. The van der Waals surface area contributed by atoms with E-state index in [-0.39, 0.29) is 12.5 Å². The zero-order chi connectivity index (χ0) is 29.3. The fraction of sp³-hybridized carbons (Fsp3) is 0.406. The first-order valence-electron chi connectivity index (χ1n) is 14.4. The molecule has 2 aromatic carbocycles. The number of rotatable bonds is 13. The molecule has 0 spiro atoms. The van der Waals surface area contributed by atoms with Crippen molar-refractivity contribution in [2.75, 3.05) is 53.4 Å². The Kier molecular flexibility index (Phi) is 9.89. The van der Waals surface area contributed by atoms with Crippen molar-refractivity contribution in [1.29, 1.82) is 0 Å². The maximum absolute atomic E-state index is 12.9. The molecule has 2 aliphatic rings. The molecule has 3 aromatic rings. The highest BCUT2D eigenvalue weighted by Crippen LogP contribution is 2.30. The normalized spacial score (nSPS) is 18.1. The number of ether oxygens (including phenoxy) is 3. The molecule has 2 saturated heterocycles. The molecule has 2 aliphatic heterocycles. The Balaban J connectivity index is 1.11. The number of aryl methyl sites for hydroxylation is 1. The Bertz CT molecular complexity index is 1370. The maximum Gasteiger partial charge on any atom is 0.417 e. The van der Waals surface area contributed by atoms with E-state index >= 15 is 0 Å². The predicted molar refractivity (Wildman–Crippen MR) is 158 cm³/mol. The number of likely N-dealkylation sites (N-methyl/N-ethyl adjacent to an activating group) is 1. The van der Waals surface area contributed by atoms with Gasteiger partial charge in [0.25, 0.3) is 5.91 Å². The van der Waals surface area contributed by atoms with Crippen molar-refractivity contribution < 1.29 is 28.2 Å². The number of carbonyl (C=O) groups is 2. The Hall–Kier alpha value is -4.15. The summed E-state index contributed by atoms with van der Waals surface area (Å²) in [5, 5.41) is 0. The van der Waals surface area contributed by atoms with Crippen LogP contribution >= 0.6 is 0 Å². The summed E-state index contributed by atoms with van der Waals surface area (Å²) in [4.78, 5) is 35.7. The minimum atomic E-state index is -0.773. The number of oxazole rings is 1. The van der Waals surface area contributed by atoms with Gasteiger partial charge in [0.1, 0.15) is 18.6 Å². The van der Waals surface area contributed by atoms with Crippen LogP contribution in [-0.2, 0) is 22.6 Å². The molecular weight excluding hydrogens is 536 g/mol.